The number of phenols is 1. The lowest BCUT2D eigenvalue weighted by Gasteiger charge is -2.11. The highest BCUT2D eigenvalue weighted by Crippen LogP contribution is 2.27. The zero-order valence-corrected chi connectivity index (χ0v) is 15.8. The number of hydrogen-bond donors (Lipinski definition) is 3. The van der Waals surface area contributed by atoms with Gasteiger partial charge in [-0.3, -0.25) is 10.1 Å². The Morgan fingerprint density at radius 1 is 1.14 bits per heavy atom. The van der Waals surface area contributed by atoms with Crippen molar-refractivity contribution in [2.75, 3.05) is 12.4 Å². The normalized spacial score (nSPS) is 10.6. The van der Waals surface area contributed by atoms with Crippen LogP contribution in [0.1, 0.15) is 5.76 Å². The third-order valence-electron chi connectivity index (χ3n) is 3.77. The summed E-state index contributed by atoms with van der Waals surface area (Å²) in [5.74, 6) is 1.35. The van der Waals surface area contributed by atoms with Gasteiger partial charge in [0.05, 0.1) is 12.8 Å². The Labute approximate surface area is 167 Å². The first-order valence-corrected chi connectivity index (χ1v) is 8.78. The van der Waals surface area contributed by atoms with Gasteiger partial charge in [-0.15, -0.1) is 0 Å². The molecule has 0 atom stereocenters. The Kier molecular flexibility index (Phi) is 6.08. The lowest BCUT2D eigenvalue weighted by atomic mass is 10.2. The molecule has 3 rings (SSSR count). The van der Waals surface area contributed by atoms with Crippen LogP contribution in [-0.4, -0.2) is 23.2 Å². The van der Waals surface area contributed by atoms with Crippen LogP contribution < -0.4 is 15.4 Å². The van der Waals surface area contributed by atoms with Gasteiger partial charge in [-0.2, -0.15) is 0 Å². The van der Waals surface area contributed by atoms with Crippen molar-refractivity contribution < 1.29 is 19.1 Å². The Hall–Kier alpha value is -3.58. The quantitative estimate of drug-likeness (QED) is 0.342. The van der Waals surface area contributed by atoms with Crippen molar-refractivity contribution >= 4 is 35.0 Å². The number of carbonyl (C=O) groups is 1. The van der Waals surface area contributed by atoms with Crippen molar-refractivity contribution in [2.24, 2.45) is 0 Å². The van der Waals surface area contributed by atoms with Crippen molar-refractivity contribution in [1.29, 1.82) is 0 Å². The SMILES string of the molecule is COc1ccc(O)c(NC(=S)NC(=O)/C=C/c2ccc(-c3ccccc3)o2)c1. The molecule has 1 heterocycles. The number of ether oxygens (including phenoxy) is 1. The number of methoxy groups -OCH3 is 1. The summed E-state index contributed by atoms with van der Waals surface area (Å²) in [6.07, 6.45) is 2.86. The maximum atomic E-state index is 12.0. The molecule has 0 aliphatic carbocycles. The maximum absolute atomic E-state index is 12.0. The minimum absolute atomic E-state index is 0.0167. The topological polar surface area (TPSA) is 83.7 Å². The average Bonchev–Trinajstić information content (AvgIpc) is 3.18. The van der Waals surface area contributed by atoms with Crippen LogP contribution in [0.25, 0.3) is 17.4 Å². The molecule has 6 nitrogen and oxygen atoms in total. The number of nitrogens with one attached hydrogen (secondary N) is 2. The fraction of sp³-hybridized carbons (Fsp3) is 0.0476. The van der Waals surface area contributed by atoms with Crippen LogP contribution in [0, 0.1) is 0 Å². The van der Waals surface area contributed by atoms with Crippen LogP contribution in [0.15, 0.2) is 71.2 Å². The van der Waals surface area contributed by atoms with E-state index >= 15 is 0 Å². The molecule has 0 radical (unpaired) electrons. The molecule has 0 bridgehead atoms. The molecule has 7 heteroatoms. The number of aromatic hydroxyl groups is 1. The summed E-state index contributed by atoms with van der Waals surface area (Å²) < 4.78 is 10.8. The number of benzene rings is 2. The highest BCUT2D eigenvalue weighted by molar-refractivity contribution is 7.80. The van der Waals surface area contributed by atoms with Gasteiger partial charge in [-0.1, -0.05) is 30.3 Å². The summed E-state index contributed by atoms with van der Waals surface area (Å²) in [4.78, 5) is 12.0. The molecule has 3 aromatic rings. The van der Waals surface area contributed by atoms with Crippen molar-refractivity contribution in [3.05, 3.63) is 72.5 Å². The van der Waals surface area contributed by atoms with E-state index in [1.54, 1.807) is 24.3 Å². The Bertz CT molecular complexity index is 1010. The largest absolute Gasteiger partial charge is 0.506 e. The van der Waals surface area contributed by atoms with E-state index in [-0.39, 0.29) is 10.9 Å². The van der Waals surface area contributed by atoms with E-state index < -0.39 is 5.91 Å². The predicted molar refractivity (Wildman–Crippen MR) is 112 cm³/mol. The van der Waals surface area contributed by atoms with Gasteiger partial charge in [0.25, 0.3) is 0 Å². The second-order valence-corrected chi connectivity index (χ2v) is 6.14. The van der Waals surface area contributed by atoms with Gasteiger partial charge in [-0.05, 0) is 42.6 Å². The van der Waals surface area contributed by atoms with Crippen LogP contribution in [0.3, 0.4) is 0 Å². The van der Waals surface area contributed by atoms with Crippen LogP contribution in [0.2, 0.25) is 0 Å². The lowest BCUT2D eigenvalue weighted by molar-refractivity contribution is -0.115. The van der Waals surface area contributed by atoms with E-state index in [1.807, 2.05) is 36.4 Å². The number of phenolic OH excluding ortho intramolecular Hbond substituents is 1. The minimum Gasteiger partial charge on any atom is -0.506 e. The Balaban J connectivity index is 1.58. The molecular weight excluding hydrogens is 376 g/mol. The highest BCUT2D eigenvalue weighted by atomic mass is 32.1. The minimum atomic E-state index is -0.433. The van der Waals surface area contributed by atoms with E-state index in [0.717, 1.165) is 5.56 Å². The molecule has 0 spiro atoms. The van der Waals surface area contributed by atoms with E-state index in [4.69, 9.17) is 21.4 Å². The standard InChI is InChI=1S/C21H18N2O4S/c1-26-16-7-10-18(24)17(13-16)22-21(28)23-20(25)12-9-15-8-11-19(27-15)14-5-3-2-4-6-14/h2-13,24H,1H3,(H2,22,23,25,28)/b12-9+. The van der Waals surface area contributed by atoms with Gasteiger partial charge in [0, 0.05) is 17.7 Å². The van der Waals surface area contributed by atoms with Crippen molar-refractivity contribution in [1.82, 2.24) is 5.32 Å². The van der Waals surface area contributed by atoms with E-state index in [1.165, 1.54) is 19.3 Å². The molecule has 0 aliphatic heterocycles. The summed E-state index contributed by atoms with van der Waals surface area (Å²) in [6, 6.07) is 17.9. The third kappa shape index (κ3) is 4.99. The third-order valence-corrected chi connectivity index (χ3v) is 3.98. The molecule has 1 amide bonds. The predicted octanol–water partition coefficient (Wildman–Crippen LogP) is 4.19. The van der Waals surface area contributed by atoms with Crippen LogP contribution in [0.5, 0.6) is 11.5 Å². The first-order valence-electron chi connectivity index (χ1n) is 8.37. The molecule has 142 valence electrons. The molecule has 28 heavy (non-hydrogen) atoms. The number of carbonyl (C=O) groups excluding carboxylic acids is 1. The molecule has 2 aromatic carbocycles. The first-order chi connectivity index (χ1) is 13.5. The lowest BCUT2D eigenvalue weighted by Crippen LogP contribution is -2.32. The molecule has 0 aliphatic rings. The highest BCUT2D eigenvalue weighted by Gasteiger charge is 2.07. The number of thiocarbonyl (C=S) groups is 1. The molecular formula is C21H18N2O4S. The maximum Gasteiger partial charge on any atom is 0.250 e. The summed E-state index contributed by atoms with van der Waals surface area (Å²) in [7, 11) is 1.51. The first kappa shape index (κ1) is 19.2. The van der Waals surface area contributed by atoms with Gasteiger partial charge >= 0.3 is 0 Å². The number of amides is 1. The average molecular weight is 394 g/mol. The van der Waals surface area contributed by atoms with Gasteiger partial charge in [0.1, 0.15) is 23.0 Å². The molecule has 3 N–H and O–H groups in total. The van der Waals surface area contributed by atoms with E-state index in [2.05, 4.69) is 10.6 Å². The molecule has 0 unspecified atom stereocenters. The summed E-state index contributed by atoms with van der Waals surface area (Å²) in [6.45, 7) is 0. The van der Waals surface area contributed by atoms with Crippen LogP contribution in [0.4, 0.5) is 5.69 Å². The fourth-order valence-electron chi connectivity index (χ4n) is 2.41. The van der Waals surface area contributed by atoms with Crippen LogP contribution in [-0.2, 0) is 4.79 Å². The fourth-order valence-corrected chi connectivity index (χ4v) is 2.62. The molecule has 0 saturated heterocycles. The summed E-state index contributed by atoms with van der Waals surface area (Å²) in [5.41, 5.74) is 1.28. The van der Waals surface area contributed by atoms with Crippen molar-refractivity contribution in [3.63, 3.8) is 0 Å². The van der Waals surface area contributed by atoms with Crippen LogP contribution >= 0.6 is 12.2 Å². The van der Waals surface area contributed by atoms with Gasteiger partial charge in [0.15, 0.2) is 5.11 Å². The monoisotopic (exact) mass is 394 g/mol. The zero-order valence-electron chi connectivity index (χ0n) is 15.0. The number of anilines is 1. The van der Waals surface area contributed by atoms with Crippen molar-refractivity contribution in [3.8, 4) is 22.8 Å². The number of rotatable bonds is 5. The van der Waals surface area contributed by atoms with Crippen molar-refractivity contribution in [2.45, 2.75) is 0 Å². The number of hydrogen-bond acceptors (Lipinski definition) is 5. The second kappa shape index (κ2) is 8.88. The summed E-state index contributed by atoms with van der Waals surface area (Å²) >= 11 is 5.10. The van der Waals surface area contributed by atoms with Gasteiger partial charge in [0.2, 0.25) is 5.91 Å². The van der Waals surface area contributed by atoms with E-state index in [9.17, 15) is 9.90 Å². The zero-order chi connectivity index (χ0) is 19.9. The Morgan fingerprint density at radius 3 is 2.68 bits per heavy atom. The second-order valence-electron chi connectivity index (χ2n) is 5.73. The van der Waals surface area contributed by atoms with E-state index in [0.29, 0.717) is 23.0 Å². The molecule has 0 saturated carbocycles. The molecule has 1 aromatic heterocycles. The Morgan fingerprint density at radius 2 is 1.93 bits per heavy atom. The summed E-state index contributed by atoms with van der Waals surface area (Å²) in [5, 5.41) is 15.1. The van der Waals surface area contributed by atoms with Gasteiger partial charge < -0.3 is 19.6 Å². The molecule has 0 fully saturated rings. The number of furan rings is 1. The van der Waals surface area contributed by atoms with Gasteiger partial charge in [-0.25, -0.2) is 0 Å². The smallest absolute Gasteiger partial charge is 0.250 e.